The van der Waals surface area contributed by atoms with Crippen LogP contribution in [0.5, 0.6) is 17.2 Å². The standard InChI is InChI=1S/C14H14O3/c1-10-5-7-11(8-6-10)9-17-14-12(15)3-2-4-13(14)16/h2-8,15-16H,9H2,1H3. The molecule has 88 valence electrons. The summed E-state index contributed by atoms with van der Waals surface area (Å²) in [5, 5.41) is 19.1. The van der Waals surface area contributed by atoms with Crippen LogP contribution in [0, 0.1) is 6.92 Å². The first-order chi connectivity index (χ1) is 8.16. The Labute approximate surface area is 99.9 Å². The summed E-state index contributed by atoms with van der Waals surface area (Å²) >= 11 is 0. The second-order valence-electron chi connectivity index (χ2n) is 3.90. The molecule has 17 heavy (non-hydrogen) atoms. The van der Waals surface area contributed by atoms with E-state index in [0.29, 0.717) is 6.61 Å². The fourth-order valence-corrected chi connectivity index (χ4v) is 1.50. The Morgan fingerprint density at radius 3 is 2.12 bits per heavy atom. The van der Waals surface area contributed by atoms with E-state index in [0.717, 1.165) is 5.56 Å². The Morgan fingerprint density at radius 1 is 0.941 bits per heavy atom. The van der Waals surface area contributed by atoms with E-state index >= 15 is 0 Å². The first kappa shape index (κ1) is 11.3. The normalized spacial score (nSPS) is 10.2. The summed E-state index contributed by atoms with van der Waals surface area (Å²) in [4.78, 5) is 0. The summed E-state index contributed by atoms with van der Waals surface area (Å²) in [7, 11) is 0. The highest BCUT2D eigenvalue weighted by Crippen LogP contribution is 2.35. The van der Waals surface area contributed by atoms with Crippen LogP contribution in [0.1, 0.15) is 11.1 Å². The summed E-state index contributed by atoms with van der Waals surface area (Å²) < 4.78 is 5.39. The number of aryl methyl sites for hydroxylation is 1. The third kappa shape index (κ3) is 2.69. The zero-order valence-corrected chi connectivity index (χ0v) is 9.55. The number of hydrogen-bond acceptors (Lipinski definition) is 3. The molecular formula is C14H14O3. The minimum atomic E-state index is -0.0582. The summed E-state index contributed by atoms with van der Waals surface area (Å²) in [6.45, 7) is 2.32. The van der Waals surface area contributed by atoms with Gasteiger partial charge in [0, 0.05) is 0 Å². The number of benzene rings is 2. The minimum Gasteiger partial charge on any atom is -0.504 e. The van der Waals surface area contributed by atoms with Crippen molar-refractivity contribution in [3.63, 3.8) is 0 Å². The van der Waals surface area contributed by atoms with Crippen molar-refractivity contribution in [3.8, 4) is 17.2 Å². The molecule has 0 aromatic heterocycles. The number of ether oxygens (including phenoxy) is 1. The number of rotatable bonds is 3. The summed E-state index contributed by atoms with van der Waals surface area (Å²) in [5.41, 5.74) is 2.16. The van der Waals surface area contributed by atoms with Crippen molar-refractivity contribution in [1.29, 1.82) is 0 Å². The molecule has 0 radical (unpaired) electrons. The van der Waals surface area contributed by atoms with Gasteiger partial charge in [0.1, 0.15) is 6.61 Å². The topological polar surface area (TPSA) is 49.7 Å². The SMILES string of the molecule is Cc1ccc(COc2c(O)cccc2O)cc1. The average Bonchev–Trinajstić information content (AvgIpc) is 2.31. The van der Waals surface area contributed by atoms with Crippen molar-refractivity contribution in [3.05, 3.63) is 53.6 Å². The molecule has 0 heterocycles. The molecule has 0 aliphatic carbocycles. The van der Waals surface area contributed by atoms with E-state index in [2.05, 4.69) is 0 Å². The van der Waals surface area contributed by atoms with Gasteiger partial charge in [0.2, 0.25) is 5.75 Å². The van der Waals surface area contributed by atoms with E-state index < -0.39 is 0 Å². The van der Waals surface area contributed by atoms with E-state index in [1.165, 1.54) is 17.7 Å². The highest BCUT2D eigenvalue weighted by atomic mass is 16.5. The second kappa shape index (κ2) is 4.78. The monoisotopic (exact) mass is 230 g/mol. The Bertz CT molecular complexity index is 483. The molecule has 0 spiro atoms. The third-order valence-corrected chi connectivity index (χ3v) is 2.48. The molecule has 0 amide bonds. The maximum atomic E-state index is 9.53. The molecule has 0 aliphatic rings. The molecular weight excluding hydrogens is 216 g/mol. The van der Waals surface area contributed by atoms with Crippen molar-refractivity contribution >= 4 is 0 Å². The lowest BCUT2D eigenvalue weighted by Crippen LogP contribution is -1.95. The van der Waals surface area contributed by atoms with Crippen molar-refractivity contribution < 1.29 is 14.9 Å². The van der Waals surface area contributed by atoms with Crippen molar-refractivity contribution in [2.45, 2.75) is 13.5 Å². The molecule has 0 atom stereocenters. The van der Waals surface area contributed by atoms with E-state index in [1.807, 2.05) is 31.2 Å². The van der Waals surface area contributed by atoms with Gasteiger partial charge in [0.05, 0.1) is 0 Å². The van der Waals surface area contributed by atoms with Crippen LogP contribution in [0.4, 0.5) is 0 Å². The number of phenols is 2. The average molecular weight is 230 g/mol. The molecule has 2 N–H and O–H groups in total. The number of para-hydroxylation sites is 1. The second-order valence-corrected chi connectivity index (χ2v) is 3.90. The maximum absolute atomic E-state index is 9.53. The number of aromatic hydroxyl groups is 2. The fraction of sp³-hybridized carbons (Fsp3) is 0.143. The zero-order chi connectivity index (χ0) is 12.3. The zero-order valence-electron chi connectivity index (χ0n) is 9.55. The predicted octanol–water partition coefficient (Wildman–Crippen LogP) is 2.99. The Hall–Kier alpha value is -2.16. The Balaban J connectivity index is 2.10. The molecule has 0 unspecified atom stereocenters. The summed E-state index contributed by atoms with van der Waals surface area (Å²) in [6, 6.07) is 12.4. The molecule has 3 nitrogen and oxygen atoms in total. The van der Waals surface area contributed by atoms with Gasteiger partial charge >= 0.3 is 0 Å². The smallest absolute Gasteiger partial charge is 0.203 e. The van der Waals surface area contributed by atoms with Crippen LogP contribution < -0.4 is 4.74 Å². The molecule has 0 aliphatic heterocycles. The van der Waals surface area contributed by atoms with Crippen molar-refractivity contribution in [2.75, 3.05) is 0 Å². The summed E-state index contributed by atoms with van der Waals surface area (Å²) in [5.74, 6) is 0.00213. The molecule has 0 saturated carbocycles. The molecule has 0 saturated heterocycles. The van der Waals surface area contributed by atoms with E-state index in [1.54, 1.807) is 6.07 Å². The lowest BCUT2D eigenvalue weighted by atomic mass is 10.2. The van der Waals surface area contributed by atoms with Crippen molar-refractivity contribution in [1.82, 2.24) is 0 Å². The van der Waals surface area contributed by atoms with Crippen LogP contribution in [0.2, 0.25) is 0 Å². The highest BCUT2D eigenvalue weighted by Gasteiger charge is 2.07. The van der Waals surface area contributed by atoms with Crippen LogP contribution in [-0.4, -0.2) is 10.2 Å². The third-order valence-electron chi connectivity index (χ3n) is 2.48. The molecule has 0 fully saturated rings. The van der Waals surface area contributed by atoms with Gasteiger partial charge < -0.3 is 14.9 Å². The van der Waals surface area contributed by atoms with E-state index in [4.69, 9.17) is 4.74 Å². The maximum Gasteiger partial charge on any atom is 0.203 e. The molecule has 2 aromatic carbocycles. The van der Waals surface area contributed by atoms with Gasteiger partial charge in [-0.25, -0.2) is 0 Å². The molecule has 0 bridgehead atoms. The lowest BCUT2D eigenvalue weighted by Gasteiger charge is -2.09. The highest BCUT2D eigenvalue weighted by molar-refractivity contribution is 5.49. The van der Waals surface area contributed by atoms with Crippen LogP contribution >= 0.6 is 0 Å². The van der Waals surface area contributed by atoms with Crippen LogP contribution in [-0.2, 0) is 6.61 Å². The van der Waals surface area contributed by atoms with Crippen LogP contribution in [0.25, 0.3) is 0 Å². The first-order valence-corrected chi connectivity index (χ1v) is 5.36. The fourth-order valence-electron chi connectivity index (χ4n) is 1.50. The van der Waals surface area contributed by atoms with E-state index in [9.17, 15) is 10.2 Å². The van der Waals surface area contributed by atoms with Gasteiger partial charge in [0.15, 0.2) is 11.5 Å². The largest absolute Gasteiger partial charge is 0.504 e. The summed E-state index contributed by atoms with van der Waals surface area (Å²) in [6.07, 6.45) is 0. The Morgan fingerprint density at radius 2 is 1.53 bits per heavy atom. The minimum absolute atomic E-state index is 0.0582. The van der Waals surface area contributed by atoms with Gasteiger partial charge in [-0.05, 0) is 24.6 Å². The van der Waals surface area contributed by atoms with Gasteiger partial charge in [-0.2, -0.15) is 0 Å². The van der Waals surface area contributed by atoms with Gasteiger partial charge in [-0.3, -0.25) is 0 Å². The van der Waals surface area contributed by atoms with Gasteiger partial charge in [-0.15, -0.1) is 0 Å². The van der Waals surface area contributed by atoms with Crippen molar-refractivity contribution in [2.24, 2.45) is 0 Å². The number of phenolic OH excluding ortho intramolecular Hbond substituents is 2. The van der Waals surface area contributed by atoms with Crippen LogP contribution in [0.15, 0.2) is 42.5 Å². The number of hydrogen-bond donors (Lipinski definition) is 2. The van der Waals surface area contributed by atoms with Gasteiger partial charge in [-0.1, -0.05) is 35.9 Å². The quantitative estimate of drug-likeness (QED) is 0.852. The lowest BCUT2D eigenvalue weighted by molar-refractivity contribution is 0.273. The predicted molar refractivity (Wildman–Crippen MR) is 65.3 cm³/mol. The van der Waals surface area contributed by atoms with Gasteiger partial charge in [0.25, 0.3) is 0 Å². The van der Waals surface area contributed by atoms with Crippen LogP contribution in [0.3, 0.4) is 0 Å². The Kier molecular flexibility index (Phi) is 3.19. The molecule has 3 heteroatoms. The first-order valence-electron chi connectivity index (χ1n) is 5.36. The molecule has 2 rings (SSSR count). The molecule has 2 aromatic rings. The van der Waals surface area contributed by atoms with E-state index in [-0.39, 0.29) is 17.2 Å².